The molecule has 1 aliphatic carbocycles. The number of furan rings is 1. The van der Waals surface area contributed by atoms with E-state index in [4.69, 9.17) is 10.2 Å². The van der Waals surface area contributed by atoms with E-state index >= 15 is 0 Å². The van der Waals surface area contributed by atoms with Crippen molar-refractivity contribution in [3.63, 3.8) is 0 Å². The highest BCUT2D eigenvalue weighted by Gasteiger charge is 2.29. The fourth-order valence-corrected chi connectivity index (χ4v) is 4.36. The van der Waals surface area contributed by atoms with Crippen LogP contribution in [0.2, 0.25) is 0 Å². The van der Waals surface area contributed by atoms with E-state index < -0.39 is 0 Å². The maximum atomic E-state index is 12.9. The Morgan fingerprint density at radius 1 is 1.29 bits per heavy atom. The van der Waals surface area contributed by atoms with Gasteiger partial charge in [-0.05, 0) is 68.7 Å². The molecule has 2 atom stereocenters. The number of likely N-dealkylation sites (tertiary alicyclic amines) is 1. The zero-order chi connectivity index (χ0) is 16.7. The topological polar surface area (TPSA) is 59.5 Å². The third-order valence-corrected chi connectivity index (χ3v) is 5.69. The molecule has 1 aromatic heterocycles. The number of rotatable bonds is 3. The maximum absolute atomic E-state index is 12.9. The van der Waals surface area contributed by atoms with E-state index in [2.05, 4.69) is 12.1 Å². The highest BCUT2D eigenvalue weighted by atomic mass is 16.3. The van der Waals surface area contributed by atoms with Crippen LogP contribution in [0.3, 0.4) is 0 Å². The lowest BCUT2D eigenvalue weighted by molar-refractivity contribution is -0.134. The SMILES string of the molecule is CC(N)C1CCCCN1C(=O)Cc1coc2cc3c(cc12)CCC3. The second kappa shape index (κ2) is 6.25. The fraction of sp³-hybridized carbons (Fsp3) is 0.550. The summed E-state index contributed by atoms with van der Waals surface area (Å²) in [6.07, 6.45) is 8.94. The molecule has 1 fully saturated rings. The number of carbonyl (C=O) groups is 1. The van der Waals surface area contributed by atoms with Crippen molar-refractivity contribution in [2.45, 2.75) is 64.0 Å². The van der Waals surface area contributed by atoms with Gasteiger partial charge in [0, 0.05) is 29.6 Å². The van der Waals surface area contributed by atoms with E-state index in [1.165, 1.54) is 17.5 Å². The summed E-state index contributed by atoms with van der Waals surface area (Å²) in [5, 5.41) is 1.11. The van der Waals surface area contributed by atoms with Crippen molar-refractivity contribution in [3.8, 4) is 0 Å². The summed E-state index contributed by atoms with van der Waals surface area (Å²) >= 11 is 0. The van der Waals surface area contributed by atoms with Crippen LogP contribution < -0.4 is 5.73 Å². The molecule has 128 valence electrons. The normalized spacial score (nSPS) is 21.9. The first-order valence-electron chi connectivity index (χ1n) is 9.20. The standard InChI is InChI=1S/C20H26N2O2/c1-13(21)18-7-2-3-8-22(18)20(23)11-16-12-24-19-10-15-6-4-5-14(15)9-17(16)19/h9-10,12-13,18H,2-8,11,21H2,1H3. The van der Waals surface area contributed by atoms with Gasteiger partial charge in [-0.15, -0.1) is 0 Å². The van der Waals surface area contributed by atoms with Crippen LogP contribution in [0.4, 0.5) is 0 Å². The number of fused-ring (bicyclic) bond motifs is 2. The fourth-order valence-electron chi connectivity index (χ4n) is 4.36. The zero-order valence-electron chi connectivity index (χ0n) is 14.4. The molecule has 4 rings (SSSR count). The van der Waals surface area contributed by atoms with E-state index in [-0.39, 0.29) is 18.0 Å². The third kappa shape index (κ3) is 2.73. The lowest BCUT2D eigenvalue weighted by Crippen LogP contribution is -2.52. The smallest absolute Gasteiger partial charge is 0.227 e. The Morgan fingerprint density at radius 2 is 2.08 bits per heavy atom. The monoisotopic (exact) mass is 326 g/mol. The molecule has 0 bridgehead atoms. The number of amides is 1. The molecule has 4 nitrogen and oxygen atoms in total. The van der Waals surface area contributed by atoms with Crippen LogP contribution in [0, 0.1) is 0 Å². The Balaban J connectivity index is 1.58. The number of hydrogen-bond acceptors (Lipinski definition) is 3. The van der Waals surface area contributed by atoms with E-state index in [1.807, 2.05) is 11.8 Å². The van der Waals surface area contributed by atoms with Crippen molar-refractivity contribution >= 4 is 16.9 Å². The molecule has 1 amide bonds. The molecule has 1 saturated heterocycles. The Bertz CT molecular complexity index is 762. The van der Waals surface area contributed by atoms with E-state index in [0.717, 1.165) is 55.2 Å². The van der Waals surface area contributed by atoms with E-state index in [9.17, 15) is 4.79 Å². The van der Waals surface area contributed by atoms with Crippen LogP contribution in [0.5, 0.6) is 0 Å². The number of nitrogens with two attached hydrogens (primary N) is 1. The van der Waals surface area contributed by atoms with E-state index in [0.29, 0.717) is 6.42 Å². The van der Waals surface area contributed by atoms with Gasteiger partial charge in [0.05, 0.1) is 12.7 Å². The van der Waals surface area contributed by atoms with Crippen molar-refractivity contribution in [1.29, 1.82) is 0 Å². The predicted molar refractivity (Wildman–Crippen MR) is 94.9 cm³/mol. The summed E-state index contributed by atoms with van der Waals surface area (Å²) in [5.41, 5.74) is 10.9. The summed E-state index contributed by atoms with van der Waals surface area (Å²) < 4.78 is 5.74. The molecule has 2 aromatic rings. The molecule has 0 radical (unpaired) electrons. The molecule has 0 spiro atoms. The Kier molecular flexibility index (Phi) is 4.09. The Labute approximate surface area is 143 Å². The van der Waals surface area contributed by atoms with Gasteiger partial charge in [-0.25, -0.2) is 0 Å². The van der Waals surface area contributed by atoms with Crippen molar-refractivity contribution in [3.05, 3.63) is 35.1 Å². The molecule has 2 aliphatic rings. The van der Waals surface area contributed by atoms with Gasteiger partial charge in [-0.1, -0.05) is 0 Å². The summed E-state index contributed by atoms with van der Waals surface area (Å²) in [6.45, 7) is 2.84. The first-order valence-corrected chi connectivity index (χ1v) is 9.20. The molecule has 4 heteroatoms. The molecular formula is C20H26N2O2. The number of aryl methyl sites for hydroxylation is 2. The molecule has 24 heavy (non-hydrogen) atoms. The lowest BCUT2D eigenvalue weighted by Gasteiger charge is -2.38. The maximum Gasteiger partial charge on any atom is 0.227 e. The first-order chi connectivity index (χ1) is 11.6. The summed E-state index contributed by atoms with van der Waals surface area (Å²) in [7, 11) is 0. The minimum absolute atomic E-state index is 0.0265. The van der Waals surface area contributed by atoms with Crippen LogP contribution in [-0.4, -0.2) is 29.4 Å². The number of hydrogen-bond donors (Lipinski definition) is 1. The average molecular weight is 326 g/mol. The van der Waals surface area contributed by atoms with Gasteiger partial charge in [0.1, 0.15) is 5.58 Å². The number of nitrogens with zero attached hydrogens (tertiary/aromatic N) is 1. The van der Waals surface area contributed by atoms with Gasteiger partial charge in [0.2, 0.25) is 5.91 Å². The summed E-state index contributed by atoms with van der Waals surface area (Å²) in [4.78, 5) is 14.9. The molecule has 2 unspecified atom stereocenters. The average Bonchev–Trinajstić information content (AvgIpc) is 3.19. The van der Waals surface area contributed by atoms with Crippen LogP contribution in [0.1, 0.15) is 49.3 Å². The number of piperidine rings is 1. The van der Waals surface area contributed by atoms with Crippen molar-refractivity contribution in [2.75, 3.05) is 6.54 Å². The quantitative estimate of drug-likeness (QED) is 0.942. The van der Waals surface area contributed by atoms with Crippen molar-refractivity contribution in [1.82, 2.24) is 4.90 Å². The minimum Gasteiger partial charge on any atom is -0.464 e. The Hall–Kier alpha value is -1.81. The first kappa shape index (κ1) is 15.7. The zero-order valence-corrected chi connectivity index (χ0v) is 14.4. The molecule has 2 N–H and O–H groups in total. The van der Waals surface area contributed by atoms with Gasteiger partial charge in [0.15, 0.2) is 0 Å². The third-order valence-electron chi connectivity index (χ3n) is 5.69. The molecular weight excluding hydrogens is 300 g/mol. The molecule has 0 saturated carbocycles. The van der Waals surface area contributed by atoms with Gasteiger partial charge in [-0.3, -0.25) is 4.79 Å². The van der Waals surface area contributed by atoms with E-state index in [1.54, 1.807) is 6.26 Å². The van der Waals surface area contributed by atoms with Crippen LogP contribution in [0.15, 0.2) is 22.8 Å². The minimum atomic E-state index is 0.0265. The van der Waals surface area contributed by atoms with Crippen LogP contribution >= 0.6 is 0 Å². The summed E-state index contributed by atoms with van der Waals surface area (Å²) in [5.74, 6) is 0.181. The van der Waals surface area contributed by atoms with Gasteiger partial charge < -0.3 is 15.1 Å². The van der Waals surface area contributed by atoms with Gasteiger partial charge in [-0.2, -0.15) is 0 Å². The molecule has 1 aliphatic heterocycles. The highest BCUT2D eigenvalue weighted by Crippen LogP contribution is 2.31. The van der Waals surface area contributed by atoms with Gasteiger partial charge >= 0.3 is 0 Å². The highest BCUT2D eigenvalue weighted by molar-refractivity contribution is 5.89. The second-order valence-electron chi connectivity index (χ2n) is 7.42. The van der Waals surface area contributed by atoms with Crippen molar-refractivity contribution in [2.24, 2.45) is 5.73 Å². The Morgan fingerprint density at radius 3 is 2.88 bits per heavy atom. The molecule has 1 aromatic carbocycles. The predicted octanol–water partition coefficient (Wildman–Crippen LogP) is 3.19. The van der Waals surface area contributed by atoms with Crippen LogP contribution in [-0.2, 0) is 24.1 Å². The summed E-state index contributed by atoms with van der Waals surface area (Å²) in [6, 6.07) is 4.60. The number of benzene rings is 1. The second-order valence-corrected chi connectivity index (χ2v) is 7.42. The van der Waals surface area contributed by atoms with Crippen LogP contribution in [0.25, 0.3) is 11.0 Å². The van der Waals surface area contributed by atoms with Gasteiger partial charge in [0.25, 0.3) is 0 Å². The van der Waals surface area contributed by atoms with Crippen molar-refractivity contribution < 1.29 is 9.21 Å². The molecule has 2 heterocycles. The number of carbonyl (C=O) groups excluding carboxylic acids is 1. The largest absolute Gasteiger partial charge is 0.464 e. The lowest BCUT2D eigenvalue weighted by atomic mass is 9.96.